The lowest BCUT2D eigenvalue weighted by atomic mass is 9.99. The number of aromatic nitrogens is 1. The highest BCUT2D eigenvalue weighted by Crippen LogP contribution is 2.51. The van der Waals surface area contributed by atoms with E-state index >= 15 is 0 Å². The third-order valence-electron chi connectivity index (χ3n) is 9.21. The Kier molecular flexibility index (Phi) is 8.41. The lowest BCUT2D eigenvalue weighted by molar-refractivity contribution is -0.137. The number of sulfonamides is 1. The van der Waals surface area contributed by atoms with Crippen molar-refractivity contribution < 1.29 is 31.5 Å². The van der Waals surface area contributed by atoms with E-state index in [-0.39, 0.29) is 18.7 Å². The maximum absolute atomic E-state index is 13.9. The number of alkyl halides is 3. The maximum atomic E-state index is 13.9. The molecule has 3 aromatic carbocycles. The van der Waals surface area contributed by atoms with E-state index in [1.807, 2.05) is 48.0 Å². The van der Waals surface area contributed by atoms with Gasteiger partial charge in [-0.15, -0.1) is 0 Å². The zero-order valence-corrected chi connectivity index (χ0v) is 26.5. The summed E-state index contributed by atoms with van der Waals surface area (Å²) in [6.45, 7) is 2.48. The van der Waals surface area contributed by atoms with Crippen LogP contribution in [0.25, 0.3) is 10.9 Å². The average molecular weight is 655 g/mol. The molecular formula is C34H37F3N4O4S. The minimum absolute atomic E-state index is 0.00417. The van der Waals surface area contributed by atoms with Gasteiger partial charge in [0.2, 0.25) is 10.0 Å². The number of rotatable bonds is 10. The van der Waals surface area contributed by atoms with E-state index in [0.29, 0.717) is 43.5 Å². The molecule has 2 heterocycles. The second-order valence-electron chi connectivity index (χ2n) is 12.3. The summed E-state index contributed by atoms with van der Waals surface area (Å²) in [6, 6.07) is 16.9. The number of benzene rings is 3. The fraction of sp³-hybridized carbons (Fsp3) is 0.382. The van der Waals surface area contributed by atoms with Crippen molar-refractivity contribution in [2.24, 2.45) is 0 Å². The Hall–Kier alpha value is -3.87. The molecule has 244 valence electrons. The summed E-state index contributed by atoms with van der Waals surface area (Å²) in [5, 5.41) is 18.1. The quantitative estimate of drug-likeness (QED) is 0.223. The molecule has 3 N–H and O–H groups in total. The molecule has 1 amide bonds. The van der Waals surface area contributed by atoms with Gasteiger partial charge in [0.1, 0.15) is 4.75 Å². The molecule has 8 nitrogen and oxygen atoms in total. The van der Waals surface area contributed by atoms with Gasteiger partial charge in [-0.05, 0) is 60.6 Å². The molecule has 2 aliphatic rings. The highest BCUT2D eigenvalue weighted by atomic mass is 32.2. The zero-order valence-electron chi connectivity index (χ0n) is 25.6. The van der Waals surface area contributed by atoms with Gasteiger partial charge in [-0.2, -0.15) is 13.2 Å². The van der Waals surface area contributed by atoms with E-state index < -0.39 is 44.6 Å². The molecule has 0 bridgehead atoms. The van der Waals surface area contributed by atoms with Crippen LogP contribution < -0.4 is 14.9 Å². The van der Waals surface area contributed by atoms with Crippen LogP contribution in [0.5, 0.6) is 0 Å². The summed E-state index contributed by atoms with van der Waals surface area (Å²) in [6.07, 6.45) is -1.40. The number of nitrogens with one attached hydrogen (secondary N) is 2. The van der Waals surface area contributed by atoms with Gasteiger partial charge in [0.15, 0.2) is 0 Å². The molecule has 12 heteroatoms. The Morgan fingerprint density at radius 3 is 2.43 bits per heavy atom. The maximum Gasteiger partial charge on any atom is 0.416 e. The first-order chi connectivity index (χ1) is 21.8. The molecule has 2 atom stereocenters. The van der Waals surface area contributed by atoms with E-state index in [1.165, 1.54) is 17.4 Å². The second-order valence-corrected chi connectivity index (χ2v) is 14.7. The first kappa shape index (κ1) is 32.1. The van der Waals surface area contributed by atoms with E-state index in [9.17, 15) is 31.5 Å². The molecule has 0 radical (unpaired) electrons. The largest absolute Gasteiger partial charge is 0.416 e. The highest BCUT2D eigenvalue weighted by molar-refractivity contribution is 7.94. The lowest BCUT2D eigenvalue weighted by Gasteiger charge is -2.26. The predicted molar refractivity (Wildman–Crippen MR) is 171 cm³/mol. The second kappa shape index (κ2) is 12.1. The molecule has 4 aromatic rings. The topological polar surface area (TPSA) is 104 Å². The average Bonchev–Trinajstić information content (AvgIpc) is 3.75. The smallest absolute Gasteiger partial charge is 0.390 e. The Morgan fingerprint density at radius 2 is 1.76 bits per heavy atom. The Balaban J connectivity index is 1.26. The Bertz CT molecular complexity index is 1870. The summed E-state index contributed by atoms with van der Waals surface area (Å²) in [4.78, 5) is 13.9. The monoisotopic (exact) mass is 654 g/mol. The fourth-order valence-corrected chi connectivity index (χ4v) is 8.30. The van der Waals surface area contributed by atoms with Crippen molar-refractivity contribution in [3.63, 3.8) is 0 Å². The van der Waals surface area contributed by atoms with Gasteiger partial charge in [-0.1, -0.05) is 55.5 Å². The number of aliphatic hydroxyl groups is 1. The SMILES string of the molecule is CCc1cn2c3c(cc(C(=O)N[C@@H](Cc4ccccc4)C(O)CNCc4cccc(C(F)(F)F)c4)cc13)N(C)S(=O)(=O)C1(CC1)C2. The van der Waals surface area contributed by atoms with Crippen LogP contribution in [0.3, 0.4) is 0 Å². The number of carbonyl (C=O) groups excluding carboxylic acids is 1. The van der Waals surface area contributed by atoms with Crippen molar-refractivity contribution in [1.82, 2.24) is 15.2 Å². The molecular weight excluding hydrogens is 617 g/mol. The normalized spacial score (nSPS) is 17.9. The van der Waals surface area contributed by atoms with E-state index in [2.05, 4.69) is 10.6 Å². The first-order valence-corrected chi connectivity index (χ1v) is 16.8. The summed E-state index contributed by atoms with van der Waals surface area (Å²) < 4.78 is 69.2. The standard InChI is InChI=1S/C34H37F3N4O4S/c1-3-24-20-41-21-33(12-13-33)46(44,45)40(2)29-17-25(16-27(24)31(29)41)32(43)39-28(15-22-8-5-4-6-9-22)30(42)19-38-18-23-10-7-11-26(14-23)34(35,36)37/h4-11,14,16-17,20,28,30,38,42H,3,12-13,15,18-19,21H2,1-2H3,(H,39,43)/t28-,30?/m0/s1. The fourth-order valence-electron chi connectivity index (χ4n) is 6.40. The first-order valence-electron chi connectivity index (χ1n) is 15.4. The predicted octanol–water partition coefficient (Wildman–Crippen LogP) is 5.03. The van der Waals surface area contributed by atoms with Gasteiger partial charge in [-0.3, -0.25) is 9.10 Å². The van der Waals surface area contributed by atoms with Gasteiger partial charge in [0.05, 0.1) is 28.9 Å². The number of carbonyl (C=O) groups is 1. The number of hydrogen-bond donors (Lipinski definition) is 3. The number of halogens is 3. The molecule has 1 fully saturated rings. The molecule has 1 unspecified atom stereocenters. The molecule has 46 heavy (non-hydrogen) atoms. The summed E-state index contributed by atoms with van der Waals surface area (Å²) >= 11 is 0. The molecule has 6 rings (SSSR count). The van der Waals surface area contributed by atoms with Crippen LogP contribution in [0.2, 0.25) is 0 Å². The van der Waals surface area contributed by atoms with E-state index in [1.54, 1.807) is 18.2 Å². The van der Waals surface area contributed by atoms with Gasteiger partial charge in [0, 0.05) is 43.8 Å². The molecule has 1 aromatic heterocycles. The van der Waals surface area contributed by atoms with Crippen LogP contribution in [0.15, 0.2) is 72.9 Å². The summed E-state index contributed by atoms with van der Waals surface area (Å²) in [7, 11) is -2.12. The van der Waals surface area contributed by atoms with Gasteiger partial charge in [-0.25, -0.2) is 8.42 Å². The minimum atomic E-state index is -4.46. The van der Waals surface area contributed by atoms with E-state index in [4.69, 9.17) is 0 Å². The van der Waals surface area contributed by atoms with Crippen molar-refractivity contribution >= 4 is 32.5 Å². The molecule has 1 aliphatic carbocycles. The molecule has 1 saturated carbocycles. The lowest BCUT2D eigenvalue weighted by Crippen LogP contribution is -2.48. The number of aliphatic hydroxyl groups excluding tert-OH is 1. The van der Waals surface area contributed by atoms with Crippen LogP contribution in [0.1, 0.15) is 52.4 Å². The van der Waals surface area contributed by atoms with Crippen LogP contribution in [0.4, 0.5) is 18.9 Å². The highest BCUT2D eigenvalue weighted by Gasteiger charge is 2.58. The third-order valence-corrected chi connectivity index (χ3v) is 11.8. The number of hydrogen-bond acceptors (Lipinski definition) is 5. The van der Waals surface area contributed by atoms with Crippen molar-refractivity contribution in [2.75, 3.05) is 17.9 Å². The number of amides is 1. The van der Waals surface area contributed by atoms with E-state index in [0.717, 1.165) is 34.2 Å². The minimum Gasteiger partial charge on any atom is -0.390 e. The van der Waals surface area contributed by atoms with Crippen LogP contribution in [0, 0.1) is 0 Å². The van der Waals surface area contributed by atoms with Crippen LogP contribution in [-0.4, -0.2) is 54.5 Å². The van der Waals surface area contributed by atoms with Crippen molar-refractivity contribution in [1.29, 1.82) is 0 Å². The van der Waals surface area contributed by atoms with Crippen molar-refractivity contribution in [2.45, 2.75) is 68.8 Å². The summed E-state index contributed by atoms with van der Waals surface area (Å²) in [5.41, 5.74) is 3.03. The van der Waals surface area contributed by atoms with Gasteiger partial charge < -0.3 is 20.3 Å². The summed E-state index contributed by atoms with van der Waals surface area (Å²) in [5.74, 6) is -0.470. The number of anilines is 1. The Morgan fingerprint density at radius 1 is 1.04 bits per heavy atom. The third kappa shape index (κ3) is 6.01. The van der Waals surface area contributed by atoms with Gasteiger partial charge in [0.25, 0.3) is 5.91 Å². The van der Waals surface area contributed by atoms with Crippen LogP contribution in [-0.2, 0) is 42.1 Å². The Labute approximate surface area is 266 Å². The van der Waals surface area contributed by atoms with Crippen LogP contribution >= 0.6 is 0 Å². The van der Waals surface area contributed by atoms with Gasteiger partial charge >= 0.3 is 6.18 Å². The molecule has 0 saturated heterocycles. The zero-order chi connectivity index (χ0) is 32.9. The molecule has 1 spiro atoms. The number of aryl methyl sites for hydroxylation is 1. The van der Waals surface area contributed by atoms with Crippen molar-refractivity contribution in [3.05, 3.63) is 101 Å². The molecule has 1 aliphatic heterocycles. The number of nitrogens with zero attached hydrogens (tertiary/aromatic N) is 2. The van der Waals surface area contributed by atoms with Crippen molar-refractivity contribution in [3.8, 4) is 0 Å².